The number of hydrogen-bond acceptors (Lipinski definition) is 3. The Balaban J connectivity index is 2.17. The summed E-state index contributed by atoms with van der Waals surface area (Å²) in [7, 11) is 2.07. The Morgan fingerprint density at radius 3 is 2.65 bits per heavy atom. The smallest absolute Gasteiger partial charge is 0.131 e. The summed E-state index contributed by atoms with van der Waals surface area (Å²) in [6.45, 7) is 12.1. The average molecular weight is 278 g/mol. The van der Waals surface area contributed by atoms with Crippen LogP contribution in [-0.2, 0) is 13.6 Å². The van der Waals surface area contributed by atoms with Gasteiger partial charge in [0.25, 0.3) is 0 Å². The molecule has 1 unspecified atom stereocenters. The van der Waals surface area contributed by atoms with Crippen molar-refractivity contribution < 1.29 is 0 Å². The van der Waals surface area contributed by atoms with Crippen molar-refractivity contribution >= 4 is 5.82 Å². The third kappa shape index (κ3) is 3.54. The van der Waals surface area contributed by atoms with E-state index >= 15 is 0 Å². The highest BCUT2D eigenvalue weighted by Crippen LogP contribution is 2.26. The third-order valence-electron chi connectivity index (χ3n) is 4.37. The van der Waals surface area contributed by atoms with Crippen LogP contribution in [-0.4, -0.2) is 28.9 Å². The van der Waals surface area contributed by atoms with Gasteiger partial charge in [-0.3, -0.25) is 4.68 Å². The van der Waals surface area contributed by atoms with E-state index in [1.807, 2.05) is 0 Å². The van der Waals surface area contributed by atoms with Crippen LogP contribution in [0.25, 0.3) is 0 Å². The van der Waals surface area contributed by atoms with E-state index in [9.17, 15) is 0 Å². The molecule has 1 N–H and O–H groups in total. The predicted octanol–water partition coefficient (Wildman–Crippen LogP) is 2.85. The number of aryl methyl sites for hydroxylation is 2. The first-order valence-electron chi connectivity index (χ1n) is 8.07. The molecule has 0 saturated heterocycles. The Labute approximate surface area is 123 Å². The summed E-state index contributed by atoms with van der Waals surface area (Å²) in [4.78, 5) is 2.48. The Morgan fingerprint density at radius 2 is 2.10 bits per heavy atom. The highest BCUT2D eigenvalue weighted by atomic mass is 15.4. The molecular weight excluding hydrogens is 248 g/mol. The summed E-state index contributed by atoms with van der Waals surface area (Å²) >= 11 is 0. The molecule has 1 fully saturated rings. The Morgan fingerprint density at radius 1 is 1.40 bits per heavy atom. The maximum Gasteiger partial charge on any atom is 0.131 e. The second-order valence-electron chi connectivity index (χ2n) is 6.22. The van der Waals surface area contributed by atoms with E-state index in [1.54, 1.807) is 0 Å². The topological polar surface area (TPSA) is 33.1 Å². The summed E-state index contributed by atoms with van der Waals surface area (Å²) in [5.74, 6) is 2.02. The lowest BCUT2D eigenvalue weighted by atomic mass is 10.1. The first-order chi connectivity index (χ1) is 9.56. The van der Waals surface area contributed by atoms with Crippen molar-refractivity contribution in [1.82, 2.24) is 15.1 Å². The van der Waals surface area contributed by atoms with E-state index in [0.717, 1.165) is 31.6 Å². The number of hydrogen-bond donors (Lipinski definition) is 1. The molecule has 0 aliphatic heterocycles. The van der Waals surface area contributed by atoms with Gasteiger partial charge in [0.2, 0.25) is 0 Å². The van der Waals surface area contributed by atoms with Crippen LogP contribution in [0, 0.1) is 12.8 Å². The lowest BCUT2D eigenvalue weighted by Gasteiger charge is -2.27. The molecular formula is C16H30N4. The molecule has 1 aromatic rings. The predicted molar refractivity (Wildman–Crippen MR) is 85.1 cm³/mol. The van der Waals surface area contributed by atoms with E-state index < -0.39 is 0 Å². The van der Waals surface area contributed by atoms with Crippen LogP contribution >= 0.6 is 0 Å². The van der Waals surface area contributed by atoms with Gasteiger partial charge in [0.05, 0.1) is 5.69 Å². The van der Waals surface area contributed by atoms with Gasteiger partial charge < -0.3 is 10.2 Å². The molecule has 2 rings (SSSR count). The van der Waals surface area contributed by atoms with Crippen molar-refractivity contribution in [3.63, 3.8) is 0 Å². The molecule has 4 nitrogen and oxygen atoms in total. The molecule has 4 heteroatoms. The van der Waals surface area contributed by atoms with E-state index in [2.05, 4.69) is 54.7 Å². The maximum atomic E-state index is 4.65. The molecule has 0 spiro atoms. The highest BCUT2D eigenvalue weighted by Gasteiger charge is 2.24. The normalized spacial score (nSPS) is 16.4. The Hall–Kier alpha value is -1.03. The molecule has 1 atom stereocenters. The van der Waals surface area contributed by atoms with E-state index in [-0.39, 0.29) is 0 Å². The summed E-state index contributed by atoms with van der Waals surface area (Å²) in [5.41, 5.74) is 2.54. The third-order valence-corrected chi connectivity index (χ3v) is 4.37. The van der Waals surface area contributed by atoms with Crippen molar-refractivity contribution in [2.24, 2.45) is 13.0 Å². The quantitative estimate of drug-likeness (QED) is 0.794. The minimum absolute atomic E-state index is 0.717. The standard InChI is InChI=1S/C16H30N4/c1-6-12(3)11-20(7-2)16-15(10-17-14-8-9-14)13(4)18-19(16)5/h12,14,17H,6-11H2,1-5H3. The minimum Gasteiger partial charge on any atom is -0.357 e. The summed E-state index contributed by atoms with van der Waals surface area (Å²) in [6, 6.07) is 0.743. The van der Waals surface area contributed by atoms with Crippen LogP contribution in [0.15, 0.2) is 0 Å². The van der Waals surface area contributed by atoms with Gasteiger partial charge in [0, 0.05) is 38.3 Å². The van der Waals surface area contributed by atoms with Crippen LogP contribution in [0.2, 0.25) is 0 Å². The zero-order valence-electron chi connectivity index (χ0n) is 13.7. The molecule has 20 heavy (non-hydrogen) atoms. The highest BCUT2D eigenvalue weighted by molar-refractivity contribution is 5.50. The van der Waals surface area contributed by atoms with Crippen molar-refractivity contribution in [3.05, 3.63) is 11.3 Å². The molecule has 114 valence electrons. The minimum atomic E-state index is 0.717. The van der Waals surface area contributed by atoms with Crippen molar-refractivity contribution in [2.45, 2.75) is 59.5 Å². The summed E-state index contributed by atoms with van der Waals surface area (Å²) in [5, 5.41) is 8.28. The average Bonchev–Trinajstić information content (AvgIpc) is 3.20. The van der Waals surface area contributed by atoms with Gasteiger partial charge >= 0.3 is 0 Å². The van der Waals surface area contributed by atoms with Crippen molar-refractivity contribution in [1.29, 1.82) is 0 Å². The van der Waals surface area contributed by atoms with Crippen molar-refractivity contribution in [2.75, 3.05) is 18.0 Å². The molecule has 1 heterocycles. The number of anilines is 1. The van der Waals surface area contributed by atoms with Gasteiger partial charge in [-0.15, -0.1) is 0 Å². The van der Waals surface area contributed by atoms with Gasteiger partial charge in [-0.05, 0) is 32.6 Å². The van der Waals surface area contributed by atoms with Crippen LogP contribution in [0.4, 0.5) is 5.82 Å². The fourth-order valence-electron chi connectivity index (χ4n) is 2.70. The summed E-state index contributed by atoms with van der Waals surface area (Å²) < 4.78 is 2.06. The molecule has 0 aromatic carbocycles. The molecule has 1 aliphatic carbocycles. The fourth-order valence-corrected chi connectivity index (χ4v) is 2.70. The molecule has 1 aromatic heterocycles. The molecule has 0 radical (unpaired) electrons. The first-order valence-corrected chi connectivity index (χ1v) is 8.07. The SMILES string of the molecule is CCC(C)CN(CC)c1c(CNC2CC2)c(C)nn1C. The number of aromatic nitrogens is 2. The second-order valence-corrected chi connectivity index (χ2v) is 6.22. The largest absolute Gasteiger partial charge is 0.357 e. The first kappa shape index (κ1) is 15.4. The molecule has 1 saturated carbocycles. The van der Waals surface area contributed by atoms with Crippen LogP contribution in [0.5, 0.6) is 0 Å². The zero-order chi connectivity index (χ0) is 14.7. The van der Waals surface area contributed by atoms with Crippen LogP contribution in [0.1, 0.15) is 51.3 Å². The number of nitrogens with zero attached hydrogens (tertiary/aromatic N) is 3. The fraction of sp³-hybridized carbons (Fsp3) is 0.812. The van der Waals surface area contributed by atoms with E-state index in [1.165, 1.54) is 36.3 Å². The van der Waals surface area contributed by atoms with E-state index in [0.29, 0.717) is 0 Å². The van der Waals surface area contributed by atoms with Gasteiger partial charge in [0.1, 0.15) is 5.82 Å². The van der Waals surface area contributed by atoms with Gasteiger partial charge in [0.15, 0.2) is 0 Å². The van der Waals surface area contributed by atoms with Gasteiger partial charge in [-0.25, -0.2) is 0 Å². The second kappa shape index (κ2) is 6.61. The van der Waals surface area contributed by atoms with E-state index in [4.69, 9.17) is 0 Å². The Bertz CT molecular complexity index is 434. The van der Waals surface area contributed by atoms with Gasteiger partial charge in [-0.2, -0.15) is 5.10 Å². The zero-order valence-corrected chi connectivity index (χ0v) is 13.7. The van der Waals surface area contributed by atoms with Crippen LogP contribution in [0.3, 0.4) is 0 Å². The number of nitrogens with one attached hydrogen (secondary N) is 1. The van der Waals surface area contributed by atoms with Gasteiger partial charge in [-0.1, -0.05) is 20.3 Å². The summed E-state index contributed by atoms with van der Waals surface area (Å²) in [6.07, 6.45) is 3.89. The Kier molecular flexibility index (Phi) is 5.08. The van der Waals surface area contributed by atoms with Crippen molar-refractivity contribution in [3.8, 4) is 0 Å². The number of rotatable bonds is 8. The molecule has 0 amide bonds. The van der Waals surface area contributed by atoms with Crippen LogP contribution < -0.4 is 10.2 Å². The maximum absolute atomic E-state index is 4.65. The molecule has 1 aliphatic rings. The lowest BCUT2D eigenvalue weighted by Crippen LogP contribution is -2.31. The molecule has 0 bridgehead atoms. The monoisotopic (exact) mass is 278 g/mol. The lowest BCUT2D eigenvalue weighted by molar-refractivity contribution is 0.537.